The summed E-state index contributed by atoms with van der Waals surface area (Å²) in [5, 5.41) is 2.12. The van der Waals surface area contributed by atoms with Crippen molar-refractivity contribution in [3.8, 4) is 0 Å². The van der Waals surface area contributed by atoms with Gasteiger partial charge in [0.25, 0.3) is 0 Å². The Labute approximate surface area is 125 Å². The number of ether oxygens (including phenoxy) is 1. The van der Waals surface area contributed by atoms with Crippen LogP contribution in [0.2, 0.25) is 0 Å². The summed E-state index contributed by atoms with van der Waals surface area (Å²) in [6.45, 7) is 5.49. The average Bonchev–Trinajstić information content (AvgIpc) is 2.97. The minimum atomic E-state index is 0.303. The number of thiophene rings is 1. The Morgan fingerprint density at radius 1 is 1.30 bits per heavy atom. The number of nitrogens with zero attached hydrogens (tertiary/aromatic N) is 2. The third kappa shape index (κ3) is 4.89. The molecule has 112 valence electrons. The molecule has 0 saturated carbocycles. The van der Waals surface area contributed by atoms with Crippen molar-refractivity contribution < 1.29 is 9.53 Å². The van der Waals surface area contributed by atoms with Crippen LogP contribution in [0.4, 0.5) is 0 Å². The summed E-state index contributed by atoms with van der Waals surface area (Å²) >= 11 is 1.81. The van der Waals surface area contributed by atoms with Crippen LogP contribution in [0.1, 0.15) is 24.1 Å². The number of amides is 1. The van der Waals surface area contributed by atoms with Gasteiger partial charge in [0, 0.05) is 57.7 Å². The van der Waals surface area contributed by atoms with Gasteiger partial charge in [-0.3, -0.25) is 9.69 Å². The number of hydrogen-bond donors (Lipinski definition) is 0. The highest BCUT2D eigenvalue weighted by atomic mass is 32.1. The maximum atomic E-state index is 12.1. The molecule has 1 saturated heterocycles. The number of unbranched alkanes of at least 4 members (excludes halogenated alkanes) is 1. The van der Waals surface area contributed by atoms with Crippen LogP contribution in [0, 0.1) is 0 Å². The van der Waals surface area contributed by atoms with Crippen LogP contribution in [-0.4, -0.2) is 55.6 Å². The predicted octanol–water partition coefficient (Wildman–Crippen LogP) is 2.21. The Bertz CT molecular complexity index is 387. The van der Waals surface area contributed by atoms with Crippen LogP contribution >= 0.6 is 11.3 Å². The molecule has 2 rings (SSSR count). The number of methoxy groups -OCH3 is 1. The van der Waals surface area contributed by atoms with Crippen molar-refractivity contribution in [3.63, 3.8) is 0 Å². The van der Waals surface area contributed by atoms with Crippen molar-refractivity contribution in [1.82, 2.24) is 9.80 Å². The SMILES string of the molecule is COCCCCC(=O)N1CCN(Cc2cccs2)CC1. The average molecular weight is 296 g/mol. The summed E-state index contributed by atoms with van der Waals surface area (Å²) in [5.74, 6) is 0.303. The molecule has 1 amide bonds. The van der Waals surface area contributed by atoms with Crippen molar-refractivity contribution >= 4 is 17.2 Å². The molecule has 1 fully saturated rings. The van der Waals surface area contributed by atoms with Gasteiger partial charge in [0.2, 0.25) is 5.91 Å². The van der Waals surface area contributed by atoms with E-state index in [4.69, 9.17) is 4.74 Å². The van der Waals surface area contributed by atoms with E-state index in [0.717, 1.165) is 52.2 Å². The monoisotopic (exact) mass is 296 g/mol. The van der Waals surface area contributed by atoms with E-state index in [0.29, 0.717) is 12.3 Å². The molecule has 4 nitrogen and oxygen atoms in total. The molecule has 0 atom stereocenters. The van der Waals surface area contributed by atoms with Crippen LogP contribution in [0.3, 0.4) is 0 Å². The van der Waals surface area contributed by atoms with Gasteiger partial charge in [0.1, 0.15) is 0 Å². The van der Waals surface area contributed by atoms with Crippen LogP contribution < -0.4 is 0 Å². The van der Waals surface area contributed by atoms with E-state index < -0.39 is 0 Å². The molecule has 0 radical (unpaired) electrons. The molecule has 0 unspecified atom stereocenters. The third-order valence-corrected chi connectivity index (χ3v) is 4.53. The second-order valence-electron chi connectivity index (χ2n) is 5.19. The van der Waals surface area contributed by atoms with Gasteiger partial charge in [-0.1, -0.05) is 6.07 Å². The first-order valence-corrected chi connectivity index (χ1v) is 8.19. The molecule has 1 aromatic heterocycles. The summed E-state index contributed by atoms with van der Waals surface area (Å²) in [5.41, 5.74) is 0. The third-order valence-electron chi connectivity index (χ3n) is 3.67. The lowest BCUT2D eigenvalue weighted by atomic mass is 10.2. The second kappa shape index (κ2) is 8.39. The number of rotatable bonds is 7. The highest BCUT2D eigenvalue weighted by Gasteiger charge is 2.20. The lowest BCUT2D eigenvalue weighted by Gasteiger charge is -2.34. The molecule has 0 aromatic carbocycles. The first-order chi connectivity index (χ1) is 9.79. The molecule has 0 spiro atoms. The summed E-state index contributed by atoms with van der Waals surface area (Å²) in [7, 11) is 1.70. The zero-order valence-corrected chi connectivity index (χ0v) is 13.0. The lowest BCUT2D eigenvalue weighted by molar-refractivity contribution is -0.133. The van der Waals surface area contributed by atoms with Gasteiger partial charge in [-0.25, -0.2) is 0 Å². The van der Waals surface area contributed by atoms with Crippen molar-refractivity contribution in [1.29, 1.82) is 0 Å². The fourth-order valence-corrected chi connectivity index (χ4v) is 3.21. The smallest absolute Gasteiger partial charge is 0.222 e. The highest BCUT2D eigenvalue weighted by molar-refractivity contribution is 7.09. The van der Waals surface area contributed by atoms with Crippen molar-refractivity contribution in [3.05, 3.63) is 22.4 Å². The molecule has 1 aliphatic heterocycles. The summed E-state index contributed by atoms with van der Waals surface area (Å²) in [6, 6.07) is 4.28. The zero-order chi connectivity index (χ0) is 14.2. The van der Waals surface area contributed by atoms with E-state index >= 15 is 0 Å². The second-order valence-corrected chi connectivity index (χ2v) is 6.22. The van der Waals surface area contributed by atoms with Gasteiger partial charge < -0.3 is 9.64 Å². The molecule has 2 heterocycles. The largest absolute Gasteiger partial charge is 0.385 e. The van der Waals surface area contributed by atoms with Gasteiger partial charge in [-0.05, 0) is 24.3 Å². The fraction of sp³-hybridized carbons (Fsp3) is 0.667. The summed E-state index contributed by atoms with van der Waals surface area (Å²) in [4.78, 5) is 17.9. The van der Waals surface area contributed by atoms with Crippen molar-refractivity contribution in [2.45, 2.75) is 25.8 Å². The Morgan fingerprint density at radius 2 is 2.10 bits per heavy atom. The molecular weight excluding hydrogens is 272 g/mol. The topological polar surface area (TPSA) is 32.8 Å². The van der Waals surface area contributed by atoms with Crippen LogP contribution in [0.15, 0.2) is 17.5 Å². The molecule has 0 bridgehead atoms. The standard InChI is InChI=1S/C15H24N2O2S/c1-19-11-3-2-6-15(18)17-9-7-16(8-10-17)13-14-5-4-12-20-14/h4-5,12H,2-3,6-11,13H2,1H3. The van der Waals surface area contributed by atoms with Crippen LogP contribution in [0.5, 0.6) is 0 Å². The van der Waals surface area contributed by atoms with E-state index in [2.05, 4.69) is 22.4 Å². The highest BCUT2D eigenvalue weighted by Crippen LogP contribution is 2.14. The van der Waals surface area contributed by atoms with E-state index in [-0.39, 0.29) is 0 Å². The molecular formula is C15H24N2O2S. The molecule has 0 aliphatic carbocycles. The van der Waals surface area contributed by atoms with E-state index in [1.165, 1.54) is 4.88 Å². The molecule has 1 aliphatic rings. The molecule has 0 N–H and O–H groups in total. The van der Waals surface area contributed by atoms with Gasteiger partial charge in [-0.2, -0.15) is 0 Å². The summed E-state index contributed by atoms with van der Waals surface area (Å²) in [6.07, 6.45) is 2.57. The maximum absolute atomic E-state index is 12.1. The number of carbonyl (C=O) groups excluding carboxylic acids is 1. The Balaban J connectivity index is 1.64. The van der Waals surface area contributed by atoms with E-state index in [1.54, 1.807) is 18.4 Å². The van der Waals surface area contributed by atoms with Gasteiger partial charge in [0.15, 0.2) is 0 Å². The van der Waals surface area contributed by atoms with Gasteiger partial charge >= 0.3 is 0 Å². The summed E-state index contributed by atoms with van der Waals surface area (Å²) < 4.78 is 5.00. The normalized spacial score (nSPS) is 16.6. The predicted molar refractivity (Wildman–Crippen MR) is 81.9 cm³/mol. The number of carbonyl (C=O) groups is 1. The van der Waals surface area contributed by atoms with Gasteiger partial charge in [0.05, 0.1) is 0 Å². The quantitative estimate of drug-likeness (QED) is 0.723. The van der Waals surface area contributed by atoms with E-state index in [1.807, 2.05) is 4.90 Å². The molecule has 1 aromatic rings. The number of piperazine rings is 1. The zero-order valence-electron chi connectivity index (χ0n) is 12.2. The van der Waals surface area contributed by atoms with Gasteiger partial charge in [-0.15, -0.1) is 11.3 Å². The Morgan fingerprint density at radius 3 is 2.75 bits per heavy atom. The molecule has 20 heavy (non-hydrogen) atoms. The molecule has 5 heteroatoms. The first-order valence-electron chi connectivity index (χ1n) is 7.31. The Kier molecular flexibility index (Phi) is 6.50. The van der Waals surface area contributed by atoms with E-state index in [9.17, 15) is 4.79 Å². The first kappa shape index (κ1) is 15.5. The Hall–Kier alpha value is -0.910. The maximum Gasteiger partial charge on any atom is 0.222 e. The van der Waals surface area contributed by atoms with Crippen LogP contribution in [-0.2, 0) is 16.1 Å². The number of hydrogen-bond acceptors (Lipinski definition) is 4. The lowest BCUT2D eigenvalue weighted by Crippen LogP contribution is -2.48. The van der Waals surface area contributed by atoms with Crippen molar-refractivity contribution in [2.24, 2.45) is 0 Å². The minimum absolute atomic E-state index is 0.303. The fourth-order valence-electron chi connectivity index (χ4n) is 2.46. The van der Waals surface area contributed by atoms with Crippen LogP contribution in [0.25, 0.3) is 0 Å². The minimum Gasteiger partial charge on any atom is -0.385 e. The van der Waals surface area contributed by atoms with Crippen molar-refractivity contribution in [2.75, 3.05) is 39.9 Å².